The van der Waals surface area contributed by atoms with Crippen molar-refractivity contribution in [2.45, 2.75) is 56.8 Å². The maximum Gasteiger partial charge on any atom is 0.230 e. The fraction of sp³-hybridized carbons (Fsp3) is 0.500. The quantitative estimate of drug-likeness (QED) is 0.747. The van der Waals surface area contributed by atoms with E-state index < -0.39 is 0 Å². The van der Waals surface area contributed by atoms with Gasteiger partial charge in [0.1, 0.15) is 5.82 Å². The topological polar surface area (TPSA) is 59.8 Å². The van der Waals surface area contributed by atoms with Gasteiger partial charge in [-0.15, -0.1) is 10.2 Å². The molecule has 0 bridgehead atoms. The van der Waals surface area contributed by atoms with Gasteiger partial charge in [0.15, 0.2) is 5.16 Å². The van der Waals surface area contributed by atoms with Gasteiger partial charge in [-0.25, -0.2) is 0 Å². The highest BCUT2D eigenvalue weighted by atomic mass is 32.2. The fourth-order valence-electron chi connectivity index (χ4n) is 2.75. The lowest BCUT2D eigenvalue weighted by Gasteiger charge is -2.14. The Kier molecular flexibility index (Phi) is 5.56. The van der Waals surface area contributed by atoms with Gasteiger partial charge in [0.2, 0.25) is 5.91 Å². The smallest absolute Gasteiger partial charge is 0.230 e. The number of thioether (sulfide) groups is 1. The highest BCUT2D eigenvalue weighted by molar-refractivity contribution is 7.99. The zero-order valence-corrected chi connectivity index (χ0v) is 15.1. The van der Waals surface area contributed by atoms with Gasteiger partial charge in [0, 0.05) is 12.1 Å². The molecule has 1 heterocycles. The number of rotatable bonds is 8. The first-order valence-electron chi connectivity index (χ1n) is 8.51. The predicted octanol–water partition coefficient (Wildman–Crippen LogP) is 3.15. The predicted molar refractivity (Wildman–Crippen MR) is 96.1 cm³/mol. The molecule has 0 aliphatic heterocycles. The molecular weight excluding hydrogens is 320 g/mol. The standard InChI is InChI=1S/C18H24N4OS/c1-13(8-9-15-6-4-3-5-7-15)19-17(23)12-24-18-21-20-14(2)22(18)16-10-11-16/h3-7,13,16H,8-12H2,1-2H3,(H,19,23)/t13-/m1/s1. The molecule has 1 aliphatic rings. The second-order valence-corrected chi connectivity index (χ2v) is 7.35. The molecule has 1 aromatic heterocycles. The van der Waals surface area contributed by atoms with Gasteiger partial charge in [-0.3, -0.25) is 4.79 Å². The third-order valence-electron chi connectivity index (χ3n) is 4.20. The van der Waals surface area contributed by atoms with E-state index in [1.54, 1.807) is 0 Å². The van der Waals surface area contributed by atoms with Crippen LogP contribution in [-0.4, -0.2) is 32.5 Å². The molecule has 1 N–H and O–H groups in total. The maximum atomic E-state index is 12.2. The van der Waals surface area contributed by atoms with E-state index in [0.29, 0.717) is 11.8 Å². The molecule has 0 saturated heterocycles. The van der Waals surface area contributed by atoms with Crippen LogP contribution in [0.5, 0.6) is 0 Å². The summed E-state index contributed by atoms with van der Waals surface area (Å²) in [5.74, 6) is 1.39. The zero-order chi connectivity index (χ0) is 16.9. The number of benzene rings is 1. The Labute approximate surface area is 147 Å². The van der Waals surface area contributed by atoms with Crippen molar-refractivity contribution < 1.29 is 4.79 Å². The van der Waals surface area contributed by atoms with Crippen LogP contribution >= 0.6 is 11.8 Å². The Morgan fingerprint density at radius 2 is 2.08 bits per heavy atom. The molecule has 1 atom stereocenters. The van der Waals surface area contributed by atoms with Crippen LogP contribution in [0.3, 0.4) is 0 Å². The summed E-state index contributed by atoms with van der Waals surface area (Å²) < 4.78 is 2.16. The van der Waals surface area contributed by atoms with Gasteiger partial charge >= 0.3 is 0 Å². The van der Waals surface area contributed by atoms with Crippen molar-refractivity contribution in [2.24, 2.45) is 0 Å². The van der Waals surface area contributed by atoms with Crippen LogP contribution in [0.4, 0.5) is 0 Å². The van der Waals surface area contributed by atoms with E-state index in [-0.39, 0.29) is 11.9 Å². The summed E-state index contributed by atoms with van der Waals surface area (Å²) in [6.45, 7) is 4.03. The molecule has 1 aromatic carbocycles. The normalized spacial score (nSPS) is 15.2. The Morgan fingerprint density at radius 1 is 1.33 bits per heavy atom. The number of carbonyl (C=O) groups is 1. The lowest BCUT2D eigenvalue weighted by atomic mass is 10.1. The summed E-state index contributed by atoms with van der Waals surface area (Å²) in [6.07, 6.45) is 4.30. The van der Waals surface area contributed by atoms with E-state index in [1.807, 2.05) is 25.1 Å². The van der Waals surface area contributed by atoms with E-state index in [1.165, 1.54) is 30.2 Å². The largest absolute Gasteiger partial charge is 0.353 e. The van der Waals surface area contributed by atoms with Crippen LogP contribution in [-0.2, 0) is 11.2 Å². The van der Waals surface area contributed by atoms with Crippen LogP contribution in [0.1, 0.15) is 43.6 Å². The average Bonchev–Trinajstić information content (AvgIpc) is 3.35. The molecule has 5 nitrogen and oxygen atoms in total. The molecule has 128 valence electrons. The first-order chi connectivity index (χ1) is 11.6. The molecule has 0 radical (unpaired) electrons. The Hall–Kier alpha value is -1.82. The monoisotopic (exact) mass is 344 g/mol. The highest BCUT2D eigenvalue weighted by Gasteiger charge is 2.28. The van der Waals surface area contributed by atoms with Crippen molar-refractivity contribution in [1.29, 1.82) is 0 Å². The second kappa shape index (κ2) is 7.83. The second-order valence-electron chi connectivity index (χ2n) is 6.41. The Bertz CT molecular complexity index is 682. The summed E-state index contributed by atoms with van der Waals surface area (Å²) >= 11 is 1.48. The molecule has 6 heteroatoms. The van der Waals surface area contributed by atoms with E-state index in [2.05, 4.69) is 39.1 Å². The van der Waals surface area contributed by atoms with Crippen LogP contribution in [0, 0.1) is 6.92 Å². The van der Waals surface area contributed by atoms with E-state index >= 15 is 0 Å². The number of carbonyl (C=O) groups excluding carboxylic acids is 1. The SMILES string of the molecule is Cc1nnc(SCC(=O)N[C@H](C)CCc2ccccc2)n1C1CC1. The number of aromatic nitrogens is 3. The van der Waals surface area contributed by atoms with Crippen molar-refractivity contribution in [3.8, 4) is 0 Å². The average molecular weight is 344 g/mol. The molecule has 0 unspecified atom stereocenters. The molecule has 2 aromatic rings. The van der Waals surface area contributed by atoms with E-state index in [4.69, 9.17) is 0 Å². The lowest BCUT2D eigenvalue weighted by molar-refractivity contribution is -0.119. The minimum absolute atomic E-state index is 0.0589. The van der Waals surface area contributed by atoms with Gasteiger partial charge in [-0.1, -0.05) is 42.1 Å². The van der Waals surface area contributed by atoms with Gasteiger partial charge in [0.25, 0.3) is 0 Å². The lowest BCUT2D eigenvalue weighted by Crippen LogP contribution is -2.34. The summed E-state index contributed by atoms with van der Waals surface area (Å²) in [5, 5.41) is 12.3. The van der Waals surface area contributed by atoms with Crippen LogP contribution in [0.25, 0.3) is 0 Å². The van der Waals surface area contributed by atoms with Crippen LogP contribution in [0.2, 0.25) is 0 Å². The number of hydrogen-bond acceptors (Lipinski definition) is 4. The number of nitrogens with zero attached hydrogens (tertiary/aromatic N) is 3. The fourth-order valence-corrected chi connectivity index (χ4v) is 3.61. The number of aryl methyl sites for hydroxylation is 2. The molecular formula is C18H24N4OS. The van der Waals surface area contributed by atoms with Gasteiger partial charge in [-0.2, -0.15) is 0 Å². The molecule has 24 heavy (non-hydrogen) atoms. The molecule has 1 aliphatic carbocycles. The third-order valence-corrected chi connectivity index (χ3v) is 5.14. The van der Waals surface area contributed by atoms with Crippen molar-refractivity contribution in [3.63, 3.8) is 0 Å². The molecule has 1 amide bonds. The van der Waals surface area contributed by atoms with Crippen molar-refractivity contribution in [3.05, 3.63) is 41.7 Å². The van der Waals surface area contributed by atoms with Gasteiger partial charge in [0.05, 0.1) is 5.75 Å². The Balaban J connectivity index is 1.42. The Morgan fingerprint density at radius 3 is 2.79 bits per heavy atom. The number of hydrogen-bond donors (Lipinski definition) is 1. The number of nitrogens with one attached hydrogen (secondary N) is 1. The van der Waals surface area contributed by atoms with Crippen LogP contribution < -0.4 is 5.32 Å². The highest BCUT2D eigenvalue weighted by Crippen LogP contribution is 2.38. The summed E-state index contributed by atoms with van der Waals surface area (Å²) in [5.41, 5.74) is 1.31. The summed E-state index contributed by atoms with van der Waals surface area (Å²) in [7, 11) is 0. The molecule has 1 saturated carbocycles. The summed E-state index contributed by atoms with van der Waals surface area (Å²) in [6, 6.07) is 11.1. The molecule has 3 rings (SSSR count). The third kappa shape index (κ3) is 4.60. The minimum atomic E-state index is 0.0589. The zero-order valence-electron chi connectivity index (χ0n) is 14.2. The van der Waals surface area contributed by atoms with E-state index in [9.17, 15) is 4.79 Å². The van der Waals surface area contributed by atoms with Crippen molar-refractivity contribution in [1.82, 2.24) is 20.1 Å². The minimum Gasteiger partial charge on any atom is -0.353 e. The first kappa shape index (κ1) is 17.0. The van der Waals surface area contributed by atoms with Crippen molar-refractivity contribution in [2.75, 3.05) is 5.75 Å². The van der Waals surface area contributed by atoms with Gasteiger partial charge in [-0.05, 0) is 45.1 Å². The number of amides is 1. The van der Waals surface area contributed by atoms with Crippen LogP contribution in [0.15, 0.2) is 35.5 Å². The van der Waals surface area contributed by atoms with Crippen molar-refractivity contribution >= 4 is 17.7 Å². The molecule has 1 fully saturated rings. The maximum absolute atomic E-state index is 12.2. The van der Waals surface area contributed by atoms with Gasteiger partial charge < -0.3 is 9.88 Å². The molecule has 0 spiro atoms. The van der Waals surface area contributed by atoms with E-state index in [0.717, 1.165) is 23.8 Å². The first-order valence-corrected chi connectivity index (χ1v) is 9.49. The summed E-state index contributed by atoms with van der Waals surface area (Å²) in [4.78, 5) is 12.2.